The van der Waals surface area contributed by atoms with Crippen LogP contribution in [0.3, 0.4) is 0 Å². The van der Waals surface area contributed by atoms with Gasteiger partial charge in [-0.1, -0.05) is 51.2 Å². The third-order valence-electron chi connectivity index (χ3n) is 2.91. The maximum absolute atomic E-state index is 12.2. The number of hydrogen-bond donors (Lipinski definition) is 2. The zero-order valence-corrected chi connectivity index (χ0v) is 11.9. The normalized spacial score (nSPS) is 12.2. The van der Waals surface area contributed by atoms with Crippen molar-refractivity contribution >= 4 is 28.8 Å². The molecule has 4 heteroatoms. The Labute approximate surface area is 114 Å². The summed E-state index contributed by atoms with van der Waals surface area (Å²) in [4.78, 5) is 12.4. The molecule has 1 atom stereocenters. The minimum Gasteiger partial charge on any atom is -0.393 e. The van der Waals surface area contributed by atoms with Crippen molar-refractivity contribution in [2.75, 3.05) is 5.32 Å². The highest BCUT2D eigenvalue weighted by atomic mass is 32.1. The summed E-state index contributed by atoms with van der Waals surface area (Å²) < 4.78 is 0. The van der Waals surface area contributed by atoms with Crippen LogP contribution in [-0.2, 0) is 11.2 Å². The first-order valence-electron chi connectivity index (χ1n) is 6.15. The maximum Gasteiger partial charge on any atom is 0.234 e. The Morgan fingerprint density at radius 3 is 2.50 bits per heavy atom. The molecule has 0 heterocycles. The van der Waals surface area contributed by atoms with Gasteiger partial charge in [-0.2, -0.15) is 0 Å². The Bertz CT molecular complexity index is 443. The average Bonchev–Trinajstić information content (AvgIpc) is 2.28. The van der Waals surface area contributed by atoms with Gasteiger partial charge in [-0.05, 0) is 24.0 Å². The van der Waals surface area contributed by atoms with Gasteiger partial charge in [0.05, 0.1) is 10.9 Å². The van der Waals surface area contributed by atoms with Crippen molar-refractivity contribution < 1.29 is 4.79 Å². The van der Waals surface area contributed by atoms with E-state index in [1.807, 2.05) is 38.1 Å². The van der Waals surface area contributed by atoms with Crippen LogP contribution in [-0.4, -0.2) is 10.9 Å². The number of aryl methyl sites for hydroxylation is 1. The summed E-state index contributed by atoms with van der Waals surface area (Å²) in [5.74, 6) is -0.459. The number of benzene rings is 1. The summed E-state index contributed by atoms with van der Waals surface area (Å²) in [5, 5.41) is 2.92. The number of nitrogens with one attached hydrogen (secondary N) is 1. The van der Waals surface area contributed by atoms with Crippen molar-refractivity contribution in [3.63, 3.8) is 0 Å². The topological polar surface area (TPSA) is 55.1 Å². The van der Waals surface area contributed by atoms with Gasteiger partial charge in [0.25, 0.3) is 0 Å². The molecule has 3 N–H and O–H groups in total. The van der Waals surface area contributed by atoms with Crippen LogP contribution in [0, 0.1) is 11.8 Å². The number of carbonyl (C=O) groups excluding carboxylic acids is 1. The first-order valence-corrected chi connectivity index (χ1v) is 6.56. The van der Waals surface area contributed by atoms with Crippen LogP contribution in [0.5, 0.6) is 0 Å². The number of nitrogens with two attached hydrogens (primary N) is 1. The second kappa shape index (κ2) is 6.50. The average molecular weight is 264 g/mol. The van der Waals surface area contributed by atoms with E-state index in [1.165, 1.54) is 0 Å². The number of hydrogen-bond acceptors (Lipinski definition) is 2. The largest absolute Gasteiger partial charge is 0.393 e. The van der Waals surface area contributed by atoms with E-state index >= 15 is 0 Å². The number of thiocarbonyl (C=S) groups is 1. The third-order valence-corrected chi connectivity index (χ3v) is 3.17. The van der Waals surface area contributed by atoms with Gasteiger partial charge >= 0.3 is 0 Å². The van der Waals surface area contributed by atoms with Crippen molar-refractivity contribution in [1.82, 2.24) is 0 Å². The molecule has 18 heavy (non-hydrogen) atoms. The van der Waals surface area contributed by atoms with Gasteiger partial charge in [0.2, 0.25) is 5.91 Å². The molecule has 1 unspecified atom stereocenters. The van der Waals surface area contributed by atoms with Gasteiger partial charge in [0.1, 0.15) is 0 Å². The lowest BCUT2D eigenvalue weighted by Gasteiger charge is -2.19. The molecular formula is C14H20N2OS. The van der Waals surface area contributed by atoms with Crippen LogP contribution in [0.25, 0.3) is 0 Å². The van der Waals surface area contributed by atoms with Gasteiger partial charge in [-0.25, -0.2) is 0 Å². The van der Waals surface area contributed by atoms with Gasteiger partial charge in [0, 0.05) is 5.69 Å². The lowest BCUT2D eigenvalue weighted by atomic mass is 9.94. The summed E-state index contributed by atoms with van der Waals surface area (Å²) in [6.45, 7) is 5.93. The fourth-order valence-electron chi connectivity index (χ4n) is 1.92. The Kier molecular flexibility index (Phi) is 5.28. The van der Waals surface area contributed by atoms with Gasteiger partial charge in [-0.3, -0.25) is 4.79 Å². The van der Waals surface area contributed by atoms with Crippen LogP contribution in [0.4, 0.5) is 5.69 Å². The van der Waals surface area contributed by atoms with Crippen molar-refractivity contribution in [1.29, 1.82) is 0 Å². The van der Waals surface area contributed by atoms with E-state index in [0.717, 1.165) is 17.7 Å². The van der Waals surface area contributed by atoms with E-state index in [2.05, 4.69) is 12.2 Å². The van der Waals surface area contributed by atoms with Crippen molar-refractivity contribution in [3.8, 4) is 0 Å². The zero-order valence-electron chi connectivity index (χ0n) is 11.1. The SMILES string of the molecule is CCc1ccccc1NC(=O)C(C(N)=S)C(C)C. The molecule has 1 rings (SSSR count). The second-order valence-corrected chi connectivity index (χ2v) is 5.10. The van der Waals surface area contributed by atoms with Gasteiger partial charge < -0.3 is 11.1 Å². The summed E-state index contributed by atoms with van der Waals surface area (Å²) in [6, 6.07) is 7.76. The van der Waals surface area contributed by atoms with Crippen LogP contribution in [0.15, 0.2) is 24.3 Å². The highest BCUT2D eigenvalue weighted by molar-refractivity contribution is 7.80. The van der Waals surface area contributed by atoms with Crippen molar-refractivity contribution in [2.45, 2.75) is 27.2 Å². The molecule has 0 aliphatic carbocycles. The van der Waals surface area contributed by atoms with Crippen molar-refractivity contribution in [3.05, 3.63) is 29.8 Å². The Morgan fingerprint density at radius 2 is 2.00 bits per heavy atom. The number of carbonyl (C=O) groups is 1. The second-order valence-electron chi connectivity index (χ2n) is 4.62. The molecule has 0 saturated carbocycles. The summed E-state index contributed by atoms with van der Waals surface area (Å²) in [6.07, 6.45) is 0.871. The summed E-state index contributed by atoms with van der Waals surface area (Å²) in [7, 11) is 0. The lowest BCUT2D eigenvalue weighted by molar-refractivity contribution is -0.118. The van der Waals surface area contributed by atoms with E-state index in [1.54, 1.807) is 0 Å². The first-order chi connectivity index (χ1) is 8.47. The van der Waals surface area contributed by atoms with Gasteiger partial charge in [0.15, 0.2) is 0 Å². The van der Waals surface area contributed by atoms with Crippen LogP contribution in [0.2, 0.25) is 0 Å². The smallest absolute Gasteiger partial charge is 0.234 e. The molecule has 1 aromatic rings. The predicted molar refractivity (Wildman–Crippen MR) is 79.6 cm³/mol. The van der Waals surface area contributed by atoms with E-state index < -0.39 is 5.92 Å². The van der Waals surface area contributed by atoms with E-state index in [9.17, 15) is 4.79 Å². The highest BCUT2D eigenvalue weighted by Crippen LogP contribution is 2.19. The van der Waals surface area contributed by atoms with Crippen LogP contribution < -0.4 is 11.1 Å². The quantitative estimate of drug-likeness (QED) is 0.804. The molecule has 0 aliphatic heterocycles. The Morgan fingerprint density at radius 1 is 1.39 bits per heavy atom. The number of amides is 1. The van der Waals surface area contributed by atoms with Gasteiger partial charge in [-0.15, -0.1) is 0 Å². The molecule has 0 spiro atoms. The molecule has 0 aliphatic rings. The third kappa shape index (κ3) is 3.53. The molecule has 0 radical (unpaired) electrons. The molecule has 0 aromatic heterocycles. The molecular weight excluding hydrogens is 244 g/mol. The minimum absolute atomic E-state index is 0.0938. The molecule has 3 nitrogen and oxygen atoms in total. The lowest BCUT2D eigenvalue weighted by Crippen LogP contribution is -2.36. The maximum atomic E-state index is 12.2. The molecule has 0 fully saturated rings. The molecule has 0 bridgehead atoms. The number of para-hydroxylation sites is 1. The number of anilines is 1. The summed E-state index contributed by atoms with van der Waals surface area (Å²) in [5.41, 5.74) is 7.58. The van der Waals surface area contributed by atoms with Crippen LogP contribution >= 0.6 is 12.2 Å². The Balaban J connectivity index is 2.89. The van der Waals surface area contributed by atoms with E-state index in [0.29, 0.717) is 0 Å². The fourth-order valence-corrected chi connectivity index (χ4v) is 2.30. The first kappa shape index (κ1) is 14.6. The zero-order chi connectivity index (χ0) is 13.7. The number of rotatable bonds is 5. The molecule has 98 valence electrons. The minimum atomic E-state index is -0.426. The monoisotopic (exact) mass is 264 g/mol. The summed E-state index contributed by atoms with van der Waals surface area (Å²) >= 11 is 4.96. The molecule has 1 aromatic carbocycles. The fraction of sp³-hybridized carbons (Fsp3) is 0.429. The van der Waals surface area contributed by atoms with E-state index in [4.69, 9.17) is 18.0 Å². The van der Waals surface area contributed by atoms with Crippen LogP contribution in [0.1, 0.15) is 26.3 Å². The Hall–Kier alpha value is -1.42. The van der Waals surface area contributed by atoms with E-state index in [-0.39, 0.29) is 16.8 Å². The van der Waals surface area contributed by atoms with Crippen molar-refractivity contribution in [2.24, 2.45) is 17.6 Å². The molecule has 0 saturated heterocycles. The molecule has 1 amide bonds. The highest BCUT2D eigenvalue weighted by Gasteiger charge is 2.25. The predicted octanol–water partition coefficient (Wildman–Crippen LogP) is 2.75. The standard InChI is InChI=1S/C14H20N2OS/c1-4-10-7-5-6-8-11(10)16-14(17)12(9(2)3)13(15)18/h5-9,12H,4H2,1-3H3,(H2,15,18)(H,16,17).